The number of nitrogens with two attached hydrogens (primary N) is 1. The lowest BCUT2D eigenvalue weighted by Gasteiger charge is -2.17. The topological polar surface area (TPSA) is 61.0 Å². The molecule has 3 rings (SSSR count). The highest BCUT2D eigenvalue weighted by molar-refractivity contribution is 5.85. The van der Waals surface area contributed by atoms with E-state index in [4.69, 9.17) is 10.5 Å². The summed E-state index contributed by atoms with van der Waals surface area (Å²) in [7, 11) is 0. The van der Waals surface area contributed by atoms with E-state index in [0.29, 0.717) is 11.6 Å². The highest BCUT2D eigenvalue weighted by Gasteiger charge is 2.15. The summed E-state index contributed by atoms with van der Waals surface area (Å²) >= 11 is 0. The van der Waals surface area contributed by atoms with Crippen molar-refractivity contribution in [2.75, 3.05) is 5.73 Å². The number of hydrogen-bond acceptors (Lipinski definition) is 4. The van der Waals surface area contributed by atoms with E-state index < -0.39 is 0 Å². The summed E-state index contributed by atoms with van der Waals surface area (Å²) in [5.74, 6) is 0.692. The number of nitrogens with zero attached hydrogens (tertiary/aromatic N) is 2. The Morgan fingerprint density at radius 2 is 1.84 bits per heavy atom. The van der Waals surface area contributed by atoms with Crippen LogP contribution in [0.25, 0.3) is 10.9 Å². The van der Waals surface area contributed by atoms with E-state index >= 15 is 0 Å². The zero-order valence-electron chi connectivity index (χ0n) is 11.0. The molecule has 4 nitrogen and oxygen atoms in total. The minimum Gasteiger partial charge on any atom is -0.474 e. The van der Waals surface area contributed by atoms with Crippen LogP contribution in [-0.2, 0) is 0 Å². The van der Waals surface area contributed by atoms with Crippen LogP contribution in [-0.4, -0.2) is 16.1 Å². The monoisotopic (exact) mass is 257 g/mol. The van der Waals surface area contributed by atoms with E-state index in [2.05, 4.69) is 9.97 Å². The number of anilines is 1. The standard InChI is InChI=1S/C15H19N3O/c16-11-7-8-13-14(9-11)17-10-18-15(13)19-12-5-3-1-2-4-6-12/h7-10,12H,1-6,16H2. The summed E-state index contributed by atoms with van der Waals surface area (Å²) in [5, 5.41) is 0.945. The molecule has 1 aromatic carbocycles. The van der Waals surface area contributed by atoms with Gasteiger partial charge in [0.15, 0.2) is 0 Å². The van der Waals surface area contributed by atoms with Crippen molar-refractivity contribution in [3.8, 4) is 5.88 Å². The number of benzene rings is 1. The average Bonchev–Trinajstić information content (AvgIpc) is 2.67. The van der Waals surface area contributed by atoms with Gasteiger partial charge in [0.05, 0.1) is 10.9 Å². The highest BCUT2D eigenvalue weighted by Crippen LogP contribution is 2.27. The van der Waals surface area contributed by atoms with Crippen molar-refractivity contribution in [2.45, 2.75) is 44.6 Å². The van der Waals surface area contributed by atoms with Crippen LogP contribution in [0.3, 0.4) is 0 Å². The molecule has 4 heteroatoms. The molecule has 0 radical (unpaired) electrons. The third-order valence-corrected chi connectivity index (χ3v) is 3.70. The number of nitrogen functional groups attached to an aromatic ring is 1. The summed E-state index contributed by atoms with van der Waals surface area (Å²) in [6, 6.07) is 5.67. The van der Waals surface area contributed by atoms with E-state index in [-0.39, 0.29) is 6.10 Å². The van der Waals surface area contributed by atoms with Crippen LogP contribution in [0.1, 0.15) is 38.5 Å². The Hall–Kier alpha value is -1.84. The molecule has 0 saturated heterocycles. The van der Waals surface area contributed by atoms with Gasteiger partial charge in [0.1, 0.15) is 12.4 Å². The smallest absolute Gasteiger partial charge is 0.224 e. The number of fused-ring (bicyclic) bond motifs is 1. The molecule has 100 valence electrons. The van der Waals surface area contributed by atoms with Gasteiger partial charge in [0, 0.05) is 5.69 Å². The molecule has 0 bridgehead atoms. The van der Waals surface area contributed by atoms with Crippen LogP contribution in [0.5, 0.6) is 5.88 Å². The first-order chi connectivity index (χ1) is 9.33. The van der Waals surface area contributed by atoms with Crippen LogP contribution >= 0.6 is 0 Å². The van der Waals surface area contributed by atoms with Crippen LogP contribution in [0, 0.1) is 0 Å². The zero-order chi connectivity index (χ0) is 13.1. The predicted molar refractivity (Wildman–Crippen MR) is 76.1 cm³/mol. The molecule has 1 heterocycles. The molecule has 2 aromatic rings. The van der Waals surface area contributed by atoms with Crippen LogP contribution in [0.2, 0.25) is 0 Å². The summed E-state index contributed by atoms with van der Waals surface area (Å²) in [6.45, 7) is 0. The molecular weight excluding hydrogens is 238 g/mol. The maximum atomic E-state index is 6.10. The van der Waals surface area contributed by atoms with Crippen molar-refractivity contribution < 1.29 is 4.74 Å². The van der Waals surface area contributed by atoms with Crippen molar-refractivity contribution >= 4 is 16.6 Å². The zero-order valence-corrected chi connectivity index (χ0v) is 11.0. The summed E-state index contributed by atoms with van der Waals surface area (Å²) in [4.78, 5) is 8.53. The third-order valence-electron chi connectivity index (χ3n) is 3.70. The Morgan fingerprint density at radius 3 is 2.63 bits per heavy atom. The van der Waals surface area contributed by atoms with Gasteiger partial charge in [-0.25, -0.2) is 9.97 Å². The molecule has 1 saturated carbocycles. The Morgan fingerprint density at radius 1 is 1.05 bits per heavy atom. The van der Waals surface area contributed by atoms with Crippen molar-refractivity contribution in [3.05, 3.63) is 24.5 Å². The van der Waals surface area contributed by atoms with Crippen LogP contribution < -0.4 is 10.5 Å². The molecule has 0 spiro atoms. The minimum absolute atomic E-state index is 0.290. The Bertz CT molecular complexity index is 562. The number of aromatic nitrogens is 2. The molecule has 1 aliphatic rings. The first kappa shape index (κ1) is 12.2. The lowest BCUT2D eigenvalue weighted by atomic mass is 10.1. The third kappa shape index (κ3) is 2.78. The first-order valence-corrected chi connectivity index (χ1v) is 7.00. The van der Waals surface area contributed by atoms with Gasteiger partial charge in [0.25, 0.3) is 0 Å². The molecule has 1 fully saturated rings. The number of ether oxygens (including phenoxy) is 1. The average molecular weight is 257 g/mol. The molecule has 2 N–H and O–H groups in total. The quantitative estimate of drug-likeness (QED) is 0.662. The van der Waals surface area contributed by atoms with E-state index in [1.54, 1.807) is 6.33 Å². The van der Waals surface area contributed by atoms with Crippen molar-refractivity contribution in [3.63, 3.8) is 0 Å². The molecule has 1 aromatic heterocycles. The highest BCUT2D eigenvalue weighted by atomic mass is 16.5. The Balaban J connectivity index is 1.87. The van der Waals surface area contributed by atoms with E-state index in [0.717, 1.165) is 23.7 Å². The molecular formula is C15H19N3O. The summed E-state index contributed by atoms with van der Waals surface area (Å²) in [5.41, 5.74) is 7.34. The minimum atomic E-state index is 0.290. The summed E-state index contributed by atoms with van der Waals surface area (Å²) < 4.78 is 6.10. The Labute approximate surface area is 113 Å². The fourth-order valence-corrected chi connectivity index (χ4v) is 2.66. The first-order valence-electron chi connectivity index (χ1n) is 7.00. The van der Waals surface area contributed by atoms with Crippen LogP contribution in [0.15, 0.2) is 24.5 Å². The van der Waals surface area contributed by atoms with Crippen LogP contribution in [0.4, 0.5) is 5.69 Å². The van der Waals surface area contributed by atoms with Gasteiger partial charge in [0.2, 0.25) is 5.88 Å². The maximum Gasteiger partial charge on any atom is 0.224 e. The van der Waals surface area contributed by atoms with E-state index in [1.165, 1.54) is 25.7 Å². The van der Waals surface area contributed by atoms with E-state index in [9.17, 15) is 0 Å². The van der Waals surface area contributed by atoms with Gasteiger partial charge in [-0.1, -0.05) is 12.8 Å². The fraction of sp³-hybridized carbons (Fsp3) is 0.467. The molecule has 0 amide bonds. The summed E-state index contributed by atoms with van der Waals surface area (Å²) in [6.07, 6.45) is 9.23. The Kier molecular flexibility index (Phi) is 3.49. The molecule has 1 aliphatic carbocycles. The van der Waals surface area contributed by atoms with Crippen molar-refractivity contribution in [1.82, 2.24) is 9.97 Å². The van der Waals surface area contributed by atoms with Gasteiger partial charge >= 0.3 is 0 Å². The van der Waals surface area contributed by atoms with E-state index in [1.807, 2.05) is 18.2 Å². The predicted octanol–water partition coefficient (Wildman–Crippen LogP) is 3.31. The SMILES string of the molecule is Nc1ccc2c(OC3CCCCCC3)ncnc2c1. The molecule has 19 heavy (non-hydrogen) atoms. The lowest BCUT2D eigenvalue weighted by Crippen LogP contribution is -2.16. The molecule has 0 atom stereocenters. The van der Waals surface area contributed by atoms with Gasteiger partial charge < -0.3 is 10.5 Å². The number of rotatable bonds is 2. The second-order valence-corrected chi connectivity index (χ2v) is 5.19. The molecule has 0 unspecified atom stereocenters. The normalized spacial score (nSPS) is 17.3. The maximum absolute atomic E-state index is 6.10. The second-order valence-electron chi connectivity index (χ2n) is 5.19. The largest absolute Gasteiger partial charge is 0.474 e. The van der Waals surface area contributed by atoms with Gasteiger partial charge in [-0.15, -0.1) is 0 Å². The molecule has 0 aliphatic heterocycles. The second kappa shape index (κ2) is 5.43. The number of hydrogen-bond donors (Lipinski definition) is 1. The van der Waals surface area contributed by atoms with Gasteiger partial charge in [-0.3, -0.25) is 0 Å². The van der Waals surface area contributed by atoms with Gasteiger partial charge in [-0.05, 0) is 43.9 Å². The van der Waals surface area contributed by atoms with Crippen molar-refractivity contribution in [1.29, 1.82) is 0 Å². The van der Waals surface area contributed by atoms with Crippen molar-refractivity contribution in [2.24, 2.45) is 0 Å². The fourth-order valence-electron chi connectivity index (χ4n) is 2.66. The lowest BCUT2D eigenvalue weighted by molar-refractivity contribution is 0.178. The van der Waals surface area contributed by atoms with Gasteiger partial charge in [-0.2, -0.15) is 0 Å².